The smallest absolute Gasteiger partial charge is 0.227 e. The number of nitriles is 1. The Morgan fingerprint density at radius 3 is 2.22 bits per heavy atom. The number of Topliss-reactive ketones (excluding diaryl/α,β-unsaturated/α-hetero) is 1. The second kappa shape index (κ2) is 7.21. The van der Waals surface area contributed by atoms with Crippen LogP contribution in [-0.2, 0) is 14.4 Å². The van der Waals surface area contributed by atoms with Crippen molar-refractivity contribution in [3.8, 4) is 6.07 Å². The Balaban J connectivity index is 1.75. The molecule has 194 valence electrons. The van der Waals surface area contributed by atoms with Gasteiger partial charge in [0.1, 0.15) is 5.92 Å². The zero-order valence-corrected chi connectivity index (χ0v) is 23.1. The lowest BCUT2D eigenvalue weighted by atomic mass is 9.36. The van der Waals surface area contributed by atoms with E-state index in [1.807, 2.05) is 19.9 Å². The minimum Gasteiger partial charge on any atom is -0.369 e. The van der Waals surface area contributed by atoms with Crippen LogP contribution >= 0.6 is 0 Å². The summed E-state index contributed by atoms with van der Waals surface area (Å²) in [6.45, 7) is 15.2. The molecule has 1 amide bonds. The van der Waals surface area contributed by atoms with Crippen LogP contribution in [0.4, 0.5) is 0 Å². The average Bonchev–Trinajstić information content (AvgIpc) is 2.77. The highest BCUT2D eigenvalue weighted by Crippen LogP contribution is 2.73. The Hall–Kier alpha value is -2.22. The molecule has 5 heteroatoms. The maximum atomic E-state index is 14.2. The Morgan fingerprint density at radius 2 is 1.61 bits per heavy atom. The molecular weight excluding hydrogens is 448 g/mol. The van der Waals surface area contributed by atoms with Crippen LogP contribution in [-0.4, -0.2) is 17.5 Å². The van der Waals surface area contributed by atoms with Gasteiger partial charge in [0.15, 0.2) is 11.6 Å². The maximum Gasteiger partial charge on any atom is 0.227 e. The molecule has 36 heavy (non-hydrogen) atoms. The minimum atomic E-state index is -0.714. The van der Waals surface area contributed by atoms with Gasteiger partial charge < -0.3 is 5.73 Å². The van der Waals surface area contributed by atoms with Gasteiger partial charge in [0.05, 0.1) is 11.5 Å². The van der Waals surface area contributed by atoms with Crippen molar-refractivity contribution in [3.05, 3.63) is 22.8 Å². The molecule has 0 aromatic carbocycles. The molecule has 1 unspecified atom stereocenters. The van der Waals surface area contributed by atoms with Crippen LogP contribution in [0, 0.1) is 55.7 Å². The van der Waals surface area contributed by atoms with Gasteiger partial charge in [-0.05, 0) is 85.2 Å². The van der Waals surface area contributed by atoms with E-state index in [0.717, 1.165) is 48.8 Å². The predicted octanol–water partition coefficient (Wildman–Crippen LogP) is 5.84. The van der Waals surface area contributed by atoms with Crippen LogP contribution < -0.4 is 5.73 Å². The number of amides is 1. The fourth-order valence-electron chi connectivity index (χ4n) is 9.79. The van der Waals surface area contributed by atoms with Crippen LogP contribution in [0.15, 0.2) is 22.8 Å². The van der Waals surface area contributed by atoms with Crippen molar-refractivity contribution in [1.29, 1.82) is 5.26 Å². The Morgan fingerprint density at radius 1 is 0.972 bits per heavy atom. The van der Waals surface area contributed by atoms with Crippen molar-refractivity contribution in [2.75, 3.05) is 0 Å². The third-order valence-corrected chi connectivity index (χ3v) is 12.1. The lowest BCUT2D eigenvalue weighted by Gasteiger charge is -2.66. The SMILES string of the molecule is CC1(C)CC[C@]2(C(N)=O)CC[C@]3(C)C(=C2C1)C(=O)C=C1[C@@]2(C)CC(C#N)C(=O)C(C)(C)[C@@H]2CC[C@]13C. The van der Waals surface area contributed by atoms with Crippen LogP contribution in [0.2, 0.25) is 0 Å². The molecule has 5 aliphatic rings. The molecule has 0 spiro atoms. The van der Waals surface area contributed by atoms with E-state index in [1.165, 1.54) is 0 Å². The number of nitrogens with two attached hydrogens (primary N) is 1. The first-order valence-electron chi connectivity index (χ1n) is 13.8. The summed E-state index contributed by atoms with van der Waals surface area (Å²) in [5, 5.41) is 9.90. The molecule has 0 aliphatic heterocycles. The van der Waals surface area contributed by atoms with Gasteiger partial charge in [-0.25, -0.2) is 0 Å². The summed E-state index contributed by atoms with van der Waals surface area (Å²) >= 11 is 0. The summed E-state index contributed by atoms with van der Waals surface area (Å²) in [5.41, 5.74) is 6.68. The first kappa shape index (κ1) is 25.4. The Bertz CT molecular complexity index is 1200. The van der Waals surface area contributed by atoms with Gasteiger partial charge in [-0.3, -0.25) is 14.4 Å². The van der Waals surface area contributed by atoms with Crippen molar-refractivity contribution in [3.63, 3.8) is 0 Å². The normalized spacial score (nSPS) is 44.9. The first-order valence-corrected chi connectivity index (χ1v) is 13.8. The quantitative estimate of drug-likeness (QED) is 0.499. The monoisotopic (exact) mass is 490 g/mol. The van der Waals surface area contributed by atoms with E-state index in [-0.39, 0.29) is 34.2 Å². The third kappa shape index (κ3) is 2.85. The van der Waals surface area contributed by atoms with Crippen molar-refractivity contribution in [1.82, 2.24) is 0 Å². The zero-order valence-electron chi connectivity index (χ0n) is 23.1. The van der Waals surface area contributed by atoms with E-state index >= 15 is 0 Å². The van der Waals surface area contributed by atoms with Gasteiger partial charge in [0.2, 0.25) is 5.91 Å². The van der Waals surface area contributed by atoms with Crippen molar-refractivity contribution in [2.24, 2.45) is 50.1 Å². The molecule has 0 radical (unpaired) electrons. The summed E-state index contributed by atoms with van der Waals surface area (Å²) in [7, 11) is 0. The lowest BCUT2D eigenvalue weighted by Crippen LogP contribution is -2.62. The summed E-state index contributed by atoms with van der Waals surface area (Å²) in [5.74, 6) is -0.779. The Kier molecular flexibility index (Phi) is 5.09. The summed E-state index contributed by atoms with van der Waals surface area (Å²) in [4.78, 5) is 40.4. The molecule has 5 rings (SSSR count). The summed E-state index contributed by atoms with van der Waals surface area (Å²) in [6, 6.07) is 2.29. The van der Waals surface area contributed by atoms with E-state index in [2.05, 4.69) is 40.7 Å². The van der Waals surface area contributed by atoms with E-state index in [0.29, 0.717) is 19.3 Å². The molecule has 5 aliphatic carbocycles. The van der Waals surface area contributed by atoms with Gasteiger partial charge >= 0.3 is 0 Å². The number of carbonyl (C=O) groups is 3. The highest BCUT2D eigenvalue weighted by molar-refractivity contribution is 6.09. The molecule has 0 saturated heterocycles. The number of hydrogen-bond donors (Lipinski definition) is 1. The van der Waals surface area contributed by atoms with E-state index in [4.69, 9.17) is 5.73 Å². The number of carbonyl (C=O) groups excluding carboxylic acids is 3. The number of fused-ring (bicyclic) bond motifs is 6. The number of allylic oxidation sites excluding steroid dienone is 3. The summed E-state index contributed by atoms with van der Waals surface area (Å²) in [6.07, 6.45) is 7.93. The molecule has 0 heterocycles. The van der Waals surface area contributed by atoms with Crippen LogP contribution in [0.5, 0.6) is 0 Å². The van der Waals surface area contributed by atoms with Crippen LogP contribution in [0.25, 0.3) is 0 Å². The maximum absolute atomic E-state index is 14.2. The largest absolute Gasteiger partial charge is 0.369 e. The van der Waals surface area contributed by atoms with Gasteiger partial charge in [-0.2, -0.15) is 5.26 Å². The molecule has 3 fully saturated rings. The predicted molar refractivity (Wildman–Crippen MR) is 138 cm³/mol. The second-order valence-corrected chi connectivity index (χ2v) is 14.7. The summed E-state index contributed by atoms with van der Waals surface area (Å²) < 4.78 is 0. The van der Waals surface area contributed by atoms with Crippen LogP contribution in [0.1, 0.15) is 99.8 Å². The highest BCUT2D eigenvalue weighted by atomic mass is 16.1. The third-order valence-electron chi connectivity index (χ3n) is 12.1. The van der Waals surface area contributed by atoms with E-state index < -0.39 is 27.6 Å². The van der Waals surface area contributed by atoms with E-state index in [9.17, 15) is 19.6 Å². The number of primary amides is 1. The topological polar surface area (TPSA) is 101 Å². The van der Waals surface area contributed by atoms with Gasteiger partial charge in [-0.1, -0.05) is 54.0 Å². The van der Waals surface area contributed by atoms with Gasteiger partial charge in [0, 0.05) is 16.4 Å². The van der Waals surface area contributed by atoms with Crippen molar-refractivity contribution < 1.29 is 14.4 Å². The number of ketones is 2. The molecule has 6 atom stereocenters. The Labute approximate surface area is 215 Å². The molecular formula is C31H42N2O3. The zero-order chi connectivity index (χ0) is 26.7. The fourth-order valence-corrected chi connectivity index (χ4v) is 9.79. The van der Waals surface area contributed by atoms with Crippen molar-refractivity contribution in [2.45, 2.75) is 99.8 Å². The van der Waals surface area contributed by atoms with Gasteiger partial charge in [-0.15, -0.1) is 0 Å². The molecule has 3 saturated carbocycles. The molecule has 0 aromatic rings. The highest BCUT2D eigenvalue weighted by Gasteiger charge is 2.68. The second-order valence-electron chi connectivity index (χ2n) is 14.7. The van der Waals surface area contributed by atoms with Gasteiger partial charge in [0.25, 0.3) is 0 Å². The first-order chi connectivity index (χ1) is 16.5. The molecule has 2 N–H and O–H groups in total. The lowest BCUT2D eigenvalue weighted by molar-refractivity contribution is -0.148. The average molecular weight is 491 g/mol. The molecule has 0 aromatic heterocycles. The molecule has 5 nitrogen and oxygen atoms in total. The van der Waals surface area contributed by atoms with E-state index in [1.54, 1.807) is 0 Å². The number of rotatable bonds is 1. The number of nitrogens with zero attached hydrogens (tertiary/aromatic N) is 1. The van der Waals surface area contributed by atoms with Crippen molar-refractivity contribution >= 4 is 17.5 Å². The minimum absolute atomic E-state index is 0.0160. The fraction of sp³-hybridized carbons (Fsp3) is 0.742. The standard InChI is InChI=1S/C31H42N2O3/c1-26(2)10-12-31(25(33)36)13-11-30(7)23(19(31)16-26)20(34)14-22-28(5)15-18(17-32)24(35)27(3,4)21(28)8-9-29(22,30)6/h14,18,21H,8-13,15-16H2,1-7H3,(H2,33,36)/t18?,21-,28-,29+,30+,31-/m0/s1. The number of hydrogen-bond acceptors (Lipinski definition) is 4. The molecule has 0 bridgehead atoms. The van der Waals surface area contributed by atoms with Crippen LogP contribution in [0.3, 0.4) is 0 Å².